The number of carbonyl (C=O) groups is 2. The molecule has 0 bridgehead atoms. The van der Waals surface area contributed by atoms with Crippen LogP contribution in [0, 0.1) is 0 Å². The molecule has 0 saturated heterocycles. The Labute approximate surface area is 126 Å². The summed E-state index contributed by atoms with van der Waals surface area (Å²) in [6.45, 7) is 8.75. The molecule has 1 aromatic rings. The Morgan fingerprint density at radius 3 is 2.24 bits per heavy atom. The van der Waals surface area contributed by atoms with Crippen LogP contribution in [0.3, 0.4) is 0 Å². The van der Waals surface area contributed by atoms with Gasteiger partial charge in [0.25, 0.3) is 5.91 Å². The molecule has 3 N–H and O–H groups in total. The summed E-state index contributed by atoms with van der Waals surface area (Å²) in [6, 6.07) is 7.08. The van der Waals surface area contributed by atoms with E-state index in [4.69, 9.17) is 0 Å². The number of amides is 2. The summed E-state index contributed by atoms with van der Waals surface area (Å²) in [5, 5.41) is 8.72. The van der Waals surface area contributed by atoms with Crippen LogP contribution in [-0.2, 0) is 4.79 Å². The minimum Gasteiger partial charge on any atom is -0.376 e. The van der Waals surface area contributed by atoms with E-state index in [9.17, 15) is 9.59 Å². The lowest BCUT2D eigenvalue weighted by Crippen LogP contribution is -2.40. The average Bonchev–Trinajstić information content (AvgIpc) is 2.41. The molecule has 1 aromatic carbocycles. The second kappa shape index (κ2) is 7.67. The molecule has 0 radical (unpaired) electrons. The van der Waals surface area contributed by atoms with Gasteiger partial charge in [-0.1, -0.05) is 6.92 Å². The van der Waals surface area contributed by atoms with Crippen molar-refractivity contribution in [3.63, 3.8) is 0 Å². The van der Waals surface area contributed by atoms with Gasteiger partial charge in [-0.25, -0.2) is 0 Å². The lowest BCUT2D eigenvalue weighted by molar-refractivity contribution is -0.119. The number of carbonyl (C=O) groups excluding carboxylic acids is 2. The van der Waals surface area contributed by atoms with Gasteiger partial charge < -0.3 is 16.0 Å². The van der Waals surface area contributed by atoms with Gasteiger partial charge in [0, 0.05) is 23.3 Å². The van der Waals surface area contributed by atoms with Gasteiger partial charge in [0.2, 0.25) is 5.91 Å². The number of hydrogen-bond donors (Lipinski definition) is 3. The van der Waals surface area contributed by atoms with E-state index in [0.29, 0.717) is 12.1 Å². The van der Waals surface area contributed by atoms with Gasteiger partial charge in [-0.15, -0.1) is 0 Å². The van der Waals surface area contributed by atoms with Crippen LogP contribution in [-0.4, -0.2) is 30.4 Å². The minimum atomic E-state index is -0.259. The predicted octanol–water partition coefficient (Wildman–Crippen LogP) is 2.15. The van der Waals surface area contributed by atoms with Gasteiger partial charge in [-0.2, -0.15) is 0 Å². The van der Waals surface area contributed by atoms with Crippen LogP contribution in [0.4, 0.5) is 5.69 Å². The zero-order chi connectivity index (χ0) is 15.9. The van der Waals surface area contributed by atoms with E-state index in [2.05, 4.69) is 16.0 Å². The summed E-state index contributed by atoms with van der Waals surface area (Å²) in [7, 11) is 0. The van der Waals surface area contributed by atoms with Crippen molar-refractivity contribution in [1.82, 2.24) is 10.6 Å². The number of nitrogens with one attached hydrogen (secondary N) is 3. The van der Waals surface area contributed by atoms with E-state index >= 15 is 0 Å². The maximum Gasteiger partial charge on any atom is 0.251 e. The Balaban J connectivity index is 2.50. The zero-order valence-electron chi connectivity index (χ0n) is 13.2. The number of anilines is 1. The topological polar surface area (TPSA) is 70.2 Å². The van der Waals surface area contributed by atoms with Crippen molar-refractivity contribution < 1.29 is 9.59 Å². The van der Waals surface area contributed by atoms with E-state index < -0.39 is 0 Å². The van der Waals surface area contributed by atoms with Crippen LogP contribution in [0.25, 0.3) is 0 Å². The molecular formula is C16H25N3O2. The van der Waals surface area contributed by atoms with Gasteiger partial charge in [0.15, 0.2) is 0 Å². The molecular weight excluding hydrogens is 266 g/mol. The molecule has 1 rings (SSSR count). The van der Waals surface area contributed by atoms with Crippen molar-refractivity contribution in [2.24, 2.45) is 0 Å². The highest BCUT2D eigenvalue weighted by molar-refractivity contribution is 5.95. The Bertz CT molecular complexity index is 475. The summed E-state index contributed by atoms with van der Waals surface area (Å²) in [4.78, 5) is 23.4. The van der Waals surface area contributed by atoms with Gasteiger partial charge >= 0.3 is 0 Å². The van der Waals surface area contributed by atoms with Crippen molar-refractivity contribution >= 4 is 17.5 Å². The smallest absolute Gasteiger partial charge is 0.251 e. The molecule has 0 aliphatic carbocycles. The molecule has 0 aliphatic rings. The van der Waals surface area contributed by atoms with Crippen molar-refractivity contribution in [3.8, 4) is 0 Å². The van der Waals surface area contributed by atoms with Crippen LogP contribution in [0.5, 0.6) is 0 Å². The van der Waals surface area contributed by atoms with E-state index in [1.165, 1.54) is 0 Å². The lowest BCUT2D eigenvalue weighted by atomic mass is 10.1. The molecule has 5 heteroatoms. The SMILES string of the molecule is CCCNC(=O)CNc1ccc(C(=O)NC(C)(C)C)cc1. The van der Waals surface area contributed by atoms with Gasteiger partial charge in [0.05, 0.1) is 6.54 Å². The zero-order valence-corrected chi connectivity index (χ0v) is 13.2. The number of rotatable bonds is 6. The third-order valence-electron chi connectivity index (χ3n) is 2.66. The van der Waals surface area contributed by atoms with Crippen LogP contribution in [0.2, 0.25) is 0 Å². The van der Waals surface area contributed by atoms with E-state index in [1.54, 1.807) is 24.3 Å². The highest BCUT2D eigenvalue weighted by Gasteiger charge is 2.14. The average molecular weight is 291 g/mol. The number of hydrogen-bond acceptors (Lipinski definition) is 3. The molecule has 2 amide bonds. The fourth-order valence-corrected chi connectivity index (χ4v) is 1.66. The second-order valence-corrected chi connectivity index (χ2v) is 5.98. The van der Waals surface area contributed by atoms with Gasteiger partial charge in [0.1, 0.15) is 0 Å². The maximum atomic E-state index is 12.0. The van der Waals surface area contributed by atoms with E-state index in [1.807, 2.05) is 27.7 Å². The molecule has 0 aromatic heterocycles. The first-order chi connectivity index (χ1) is 9.81. The molecule has 0 fully saturated rings. The Hall–Kier alpha value is -2.04. The molecule has 5 nitrogen and oxygen atoms in total. The molecule has 0 aliphatic heterocycles. The fourth-order valence-electron chi connectivity index (χ4n) is 1.66. The summed E-state index contributed by atoms with van der Waals surface area (Å²) < 4.78 is 0. The highest BCUT2D eigenvalue weighted by atomic mass is 16.2. The third kappa shape index (κ3) is 6.79. The normalized spacial score (nSPS) is 10.9. The van der Waals surface area contributed by atoms with Crippen LogP contribution >= 0.6 is 0 Å². The van der Waals surface area contributed by atoms with Crippen molar-refractivity contribution in [2.75, 3.05) is 18.4 Å². The fraction of sp³-hybridized carbons (Fsp3) is 0.500. The predicted molar refractivity (Wildman–Crippen MR) is 85.5 cm³/mol. The van der Waals surface area contributed by atoms with Crippen LogP contribution in [0.15, 0.2) is 24.3 Å². The Kier molecular flexibility index (Phi) is 6.21. The van der Waals surface area contributed by atoms with Crippen molar-refractivity contribution in [1.29, 1.82) is 0 Å². The van der Waals surface area contributed by atoms with E-state index in [-0.39, 0.29) is 23.9 Å². The minimum absolute atomic E-state index is 0.0357. The molecule has 0 saturated carbocycles. The van der Waals surface area contributed by atoms with Gasteiger partial charge in [-0.3, -0.25) is 9.59 Å². The van der Waals surface area contributed by atoms with Crippen LogP contribution in [0.1, 0.15) is 44.5 Å². The molecule has 21 heavy (non-hydrogen) atoms. The summed E-state index contributed by atoms with van der Waals surface area (Å²) in [5.74, 6) is -0.138. The molecule has 0 atom stereocenters. The molecule has 116 valence electrons. The summed E-state index contributed by atoms with van der Waals surface area (Å²) in [6.07, 6.45) is 0.920. The standard InChI is InChI=1S/C16H25N3O2/c1-5-10-17-14(20)11-18-13-8-6-12(7-9-13)15(21)19-16(2,3)4/h6-9,18H,5,10-11H2,1-4H3,(H,17,20)(H,19,21). The Morgan fingerprint density at radius 1 is 1.10 bits per heavy atom. The van der Waals surface area contributed by atoms with E-state index in [0.717, 1.165) is 12.1 Å². The van der Waals surface area contributed by atoms with Gasteiger partial charge in [-0.05, 0) is 51.5 Å². The summed E-state index contributed by atoms with van der Waals surface area (Å²) in [5.41, 5.74) is 1.16. The first-order valence-corrected chi connectivity index (χ1v) is 7.25. The quantitative estimate of drug-likeness (QED) is 0.752. The molecule has 0 unspecified atom stereocenters. The monoisotopic (exact) mass is 291 g/mol. The lowest BCUT2D eigenvalue weighted by Gasteiger charge is -2.20. The van der Waals surface area contributed by atoms with Crippen molar-refractivity contribution in [3.05, 3.63) is 29.8 Å². The highest BCUT2D eigenvalue weighted by Crippen LogP contribution is 2.10. The third-order valence-corrected chi connectivity index (χ3v) is 2.66. The van der Waals surface area contributed by atoms with Crippen LogP contribution < -0.4 is 16.0 Å². The number of benzene rings is 1. The molecule has 0 heterocycles. The summed E-state index contributed by atoms with van der Waals surface area (Å²) >= 11 is 0. The van der Waals surface area contributed by atoms with Crippen molar-refractivity contribution in [2.45, 2.75) is 39.7 Å². The molecule has 0 spiro atoms. The first-order valence-electron chi connectivity index (χ1n) is 7.25. The second-order valence-electron chi connectivity index (χ2n) is 5.98. The first kappa shape index (κ1) is 17.0. The maximum absolute atomic E-state index is 12.0. The largest absolute Gasteiger partial charge is 0.376 e. The Morgan fingerprint density at radius 2 is 1.71 bits per heavy atom.